The molecule has 19 atom stereocenters. The van der Waals surface area contributed by atoms with Crippen molar-refractivity contribution < 1.29 is 77.8 Å². The molecular formula is C56H88N4O18. The molecule has 3 fully saturated rings. The number of aromatic carboxylic acids is 1. The number of likely N-dealkylation sites (N-methyl/N-ethyl adjacent to an activating group) is 1. The van der Waals surface area contributed by atoms with Crippen LogP contribution in [0.1, 0.15) is 130 Å². The first-order valence-corrected chi connectivity index (χ1v) is 27.7. The second-order valence-corrected chi connectivity index (χ2v) is 23.4. The number of nitroso groups, excluding NO2 is 1. The van der Waals surface area contributed by atoms with Crippen molar-refractivity contribution in [3.8, 4) is 5.75 Å². The Kier molecular flexibility index (Phi) is 21.1. The molecule has 0 radical (unpaired) electrons. The standard InChI is InChI=1S/C56H88N4O18/c1-14-40-56(10,69)48(64)31(4)43(58-70)29(2)26-54(8,68)49(78-53-46(63)38(59(11)12)23-30(3)73-53)32(5)47(33(6)52(67)75-40)77-42-27-55(9,71-13)50(34(7)74-42)76-41(61)18-20-57-19-15-17-35-24-36-44-39(25-35)72-22-16-21-60(44)28-37(45(36)62)51(65)66/h24-25,28-34,38,40,42-43,46-50,53,57,63-64,68-69H,14-23,26-27H2,1-13H3,(H,65,66)/t29-,30-,31+,32+,33-,34+,38+,40-,42+,43?,46-,47+,48-,49-,50+,53+,54-,55-,56-/m1/s1. The summed E-state index contributed by atoms with van der Waals surface area (Å²) in [5.74, 6) is -5.83. The summed E-state index contributed by atoms with van der Waals surface area (Å²) < 4.78 is 52.3. The molecule has 22 nitrogen and oxygen atoms in total. The Hall–Kier alpha value is -4.20. The lowest BCUT2D eigenvalue weighted by Crippen LogP contribution is -2.61. The number of carbonyl (C=O) groups is 3. The average Bonchev–Trinajstić information content (AvgIpc) is 3.66. The number of esters is 2. The second-order valence-electron chi connectivity index (χ2n) is 23.4. The van der Waals surface area contributed by atoms with Gasteiger partial charge in [0.1, 0.15) is 34.7 Å². The molecule has 1 aromatic carbocycles. The smallest absolute Gasteiger partial charge is 0.341 e. The summed E-state index contributed by atoms with van der Waals surface area (Å²) in [6, 6.07) is 2.10. The van der Waals surface area contributed by atoms with Gasteiger partial charge in [-0.15, -0.1) is 0 Å². The van der Waals surface area contributed by atoms with Crippen molar-refractivity contribution in [2.45, 2.75) is 217 Å². The van der Waals surface area contributed by atoms with E-state index in [0.717, 1.165) is 5.56 Å². The molecule has 6 rings (SSSR count). The molecule has 0 spiro atoms. The fraction of sp³-hybridized carbons (Fsp3) is 0.786. The number of carboxylic acids is 1. The van der Waals surface area contributed by atoms with Crippen molar-refractivity contribution in [2.24, 2.45) is 28.8 Å². The summed E-state index contributed by atoms with van der Waals surface area (Å²) in [5, 5.41) is 64.7. The first kappa shape index (κ1) is 63.0. The summed E-state index contributed by atoms with van der Waals surface area (Å²) >= 11 is 0. The Morgan fingerprint density at radius 3 is 2.31 bits per heavy atom. The number of aryl methyl sites for hydroxylation is 2. The third-order valence-corrected chi connectivity index (χ3v) is 16.9. The van der Waals surface area contributed by atoms with E-state index in [-0.39, 0.29) is 49.9 Å². The molecule has 1 aromatic heterocycles. The van der Waals surface area contributed by atoms with Gasteiger partial charge in [-0.2, -0.15) is 4.91 Å². The number of cyclic esters (lactones) is 1. The number of nitrogens with one attached hydrogen (secondary N) is 1. The van der Waals surface area contributed by atoms with E-state index in [1.54, 1.807) is 59.1 Å². The van der Waals surface area contributed by atoms with Crippen molar-refractivity contribution in [3.63, 3.8) is 0 Å². The second kappa shape index (κ2) is 26.1. The fourth-order valence-corrected chi connectivity index (χ4v) is 12.5. The Bertz CT molecular complexity index is 2450. The zero-order valence-electron chi connectivity index (χ0n) is 47.8. The van der Waals surface area contributed by atoms with Crippen molar-refractivity contribution in [3.05, 3.63) is 44.6 Å². The van der Waals surface area contributed by atoms with Crippen LogP contribution in [0.25, 0.3) is 10.9 Å². The normalized spacial score (nSPS) is 38.2. The van der Waals surface area contributed by atoms with Gasteiger partial charge in [-0.05, 0) is 124 Å². The number of ether oxygens (including phenoxy) is 8. The molecule has 1 unspecified atom stereocenters. The number of pyridine rings is 1. The van der Waals surface area contributed by atoms with Gasteiger partial charge in [-0.25, -0.2) is 4.79 Å². The minimum Gasteiger partial charge on any atom is -0.491 e. The van der Waals surface area contributed by atoms with E-state index < -0.39 is 125 Å². The topological polar surface area (TPSA) is 293 Å². The quantitative estimate of drug-likeness (QED) is 0.0731. The van der Waals surface area contributed by atoms with Gasteiger partial charge in [0.15, 0.2) is 18.7 Å². The highest BCUT2D eigenvalue weighted by molar-refractivity contribution is 5.94. The predicted molar refractivity (Wildman–Crippen MR) is 286 cm³/mol. The zero-order valence-corrected chi connectivity index (χ0v) is 47.8. The number of hydrogen-bond donors (Lipinski definition) is 6. The van der Waals surface area contributed by atoms with Gasteiger partial charge in [0, 0.05) is 50.7 Å². The monoisotopic (exact) mass is 1100 g/mol. The molecular weight excluding hydrogens is 1020 g/mol. The number of carboxylic acid groups (broad SMARTS) is 1. The highest BCUT2D eigenvalue weighted by atomic mass is 16.7. The van der Waals surface area contributed by atoms with Crippen LogP contribution in [0.4, 0.5) is 0 Å². The van der Waals surface area contributed by atoms with Gasteiger partial charge >= 0.3 is 17.9 Å². The first-order valence-electron chi connectivity index (χ1n) is 27.7. The van der Waals surface area contributed by atoms with Gasteiger partial charge in [-0.3, -0.25) is 14.4 Å². The van der Waals surface area contributed by atoms with Crippen LogP contribution in [0.3, 0.4) is 0 Å². The van der Waals surface area contributed by atoms with Crippen molar-refractivity contribution in [1.29, 1.82) is 0 Å². The summed E-state index contributed by atoms with van der Waals surface area (Å²) in [7, 11) is 5.15. The van der Waals surface area contributed by atoms with Crippen LogP contribution in [-0.4, -0.2) is 184 Å². The largest absolute Gasteiger partial charge is 0.491 e. The molecule has 0 saturated carbocycles. The predicted octanol–water partition coefficient (Wildman–Crippen LogP) is 4.31. The minimum absolute atomic E-state index is 0.00347. The van der Waals surface area contributed by atoms with Gasteiger partial charge in [0.25, 0.3) is 0 Å². The number of benzene rings is 1. The van der Waals surface area contributed by atoms with Crippen LogP contribution < -0.4 is 15.5 Å². The molecule has 2 aromatic rings. The number of hydrogen-bond acceptors (Lipinski definition) is 20. The van der Waals surface area contributed by atoms with Crippen LogP contribution in [0, 0.1) is 28.6 Å². The van der Waals surface area contributed by atoms with E-state index in [1.807, 2.05) is 32.0 Å². The Balaban J connectivity index is 1.18. The number of aliphatic hydroxyl groups is 4. The highest BCUT2D eigenvalue weighted by Gasteiger charge is 2.55. The summed E-state index contributed by atoms with van der Waals surface area (Å²) in [4.78, 5) is 67.7. The summed E-state index contributed by atoms with van der Waals surface area (Å²) in [6.45, 7) is 18.2. The molecule has 6 N–H and O–H groups in total. The third kappa shape index (κ3) is 13.9. The maximum absolute atomic E-state index is 14.5. The van der Waals surface area contributed by atoms with Crippen LogP contribution in [-0.2, 0) is 55.7 Å². The van der Waals surface area contributed by atoms with Crippen molar-refractivity contribution in [2.75, 3.05) is 40.9 Å². The Morgan fingerprint density at radius 1 is 0.962 bits per heavy atom. The molecule has 440 valence electrons. The van der Waals surface area contributed by atoms with Crippen LogP contribution >= 0.6 is 0 Å². The molecule has 78 heavy (non-hydrogen) atoms. The van der Waals surface area contributed by atoms with E-state index in [4.69, 9.17) is 37.9 Å². The van der Waals surface area contributed by atoms with Crippen molar-refractivity contribution in [1.82, 2.24) is 14.8 Å². The SMILES string of the molecule is CC[C@H]1OC(=O)[C@H](C)[C@@H](O[C@H]2C[C@@](C)(OC)[C@@H](OC(=O)CCNCCCc3cc4c5c(c3)c(=O)c(C(=O)O)cn5CCCO4)[C@H](C)O2)[C@H](C)[C@@H](O[C@@H]2O[C@H](C)C[C@H](N(C)C)[C@H]2O)[C@](C)(O)C[C@@H](C)C(N=O)[C@H](C)[C@@H](O)[C@]1(C)O. The molecule has 3 saturated heterocycles. The number of nitrogens with zero attached hydrogens (tertiary/aromatic N) is 3. The third-order valence-electron chi connectivity index (χ3n) is 16.9. The van der Waals surface area contributed by atoms with E-state index in [2.05, 4.69) is 10.5 Å². The highest BCUT2D eigenvalue weighted by Crippen LogP contribution is 2.42. The average molecular weight is 1110 g/mol. The van der Waals surface area contributed by atoms with Crippen LogP contribution in [0.5, 0.6) is 5.75 Å². The van der Waals surface area contributed by atoms with Gasteiger partial charge in [0.2, 0.25) is 5.43 Å². The molecule has 5 heterocycles. The van der Waals surface area contributed by atoms with Gasteiger partial charge < -0.3 is 78.2 Å². The zero-order chi connectivity index (χ0) is 57.8. The molecule has 4 aliphatic rings. The van der Waals surface area contributed by atoms with Gasteiger partial charge in [0.05, 0.1) is 72.0 Å². The lowest BCUT2D eigenvalue weighted by Gasteiger charge is -2.49. The molecule has 22 heteroatoms. The molecule has 0 amide bonds. The number of methoxy groups -OCH3 is 1. The molecule has 0 bridgehead atoms. The number of aliphatic hydroxyl groups excluding tert-OH is 2. The maximum atomic E-state index is 14.5. The molecule has 4 aliphatic heterocycles. The fourth-order valence-electron chi connectivity index (χ4n) is 12.5. The van der Waals surface area contributed by atoms with Crippen LogP contribution in [0.2, 0.25) is 0 Å². The number of aromatic nitrogens is 1. The van der Waals surface area contributed by atoms with Crippen LogP contribution in [0.15, 0.2) is 28.3 Å². The Morgan fingerprint density at radius 2 is 1.67 bits per heavy atom. The number of rotatable bonds is 17. The molecule has 0 aliphatic carbocycles. The lowest BCUT2D eigenvalue weighted by molar-refractivity contribution is -0.319. The van der Waals surface area contributed by atoms with E-state index in [9.17, 15) is 49.6 Å². The minimum atomic E-state index is -2.04. The lowest BCUT2D eigenvalue weighted by atomic mass is 9.72. The summed E-state index contributed by atoms with van der Waals surface area (Å²) in [6.07, 6.45) is -7.26. The van der Waals surface area contributed by atoms with E-state index >= 15 is 0 Å². The Labute approximate surface area is 457 Å². The van der Waals surface area contributed by atoms with E-state index in [0.29, 0.717) is 62.0 Å². The van der Waals surface area contributed by atoms with E-state index in [1.165, 1.54) is 27.2 Å². The maximum Gasteiger partial charge on any atom is 0.341 e. The summed E-state index contributed by atoms with van der Waals surface area (Å²) in [5.41, 5.74) is -4.54. The number of carbonyl (C=O) groups excluding carboxylic acids is 2. The van der Waals surface area contributed by atoms with Crippen molar-refractivity contribution >= 4 is 28.8 Å². The first-order chi connectivity index (χ1) is 36.6. The van der Waals surface area contributed by atoms with Gasteiger partial charge in [-0.1, -0.05) is 32.9 Å².